The normalized spacial score (nSPS) is 12.6. The fourth-order valence-electron chi connectivity index (χ4n) is 1.81. The van der Waals surface area contributed by atoms with Crippen LogP contribution in [-0.2, 0) is 21.4 Å². The van der Waals surface area contributed by atoms with Crippen molar-refractivity contribution in [3.63, 3.8) is 0 Å². The molecule has 0 saturated carbocycles. The van der Waals surface area contributed by atoms with Crippen LogP contribution >= 0.6 is 11.6 Å². The molecule has 1 aromatic heterocycles. The molecule has 0 spiro atoms. The first-order valence-electron chi connectivity index (χ1n) is 6.83. The summed E-state index contributed by atoms with van der Waals surface area (Å²) in [5.74, 6) is -0.425. The number of sulfonamides is 1. The van der Waals surface area contributed by atoms with E-state index in [2.05, 4.69) is 15.0 Å². The average molecular weight is 354 g/mol. The van der Waals surface area contributed by atoms with Gasteiger partial charge in [-0.15, -0.1) is 0 Å². The molecule has 0 aliphatic rings. The van der Waals surface area contributed by atoms with Gasteiger partial charge in [0.2, 0.25) is 15.9 Å². The van der Waals surface area contributed by atoms with E-state index in [9.17, 15) is 13.2 Å². The van der Waals surface area contributed by atoms with E-state index in [-0.39, 0.29) is 11.4 Å². The second-order valence-corrected chi connectivity index (χ2v) is 7.03. The highest BCUT2D eigenvalue weighted by atomic mass is 35.5. The summed E-state index contributed by atoms with van der Waals surface area (Å²) in [6.45, 7) is 1.76. The third kappa shape index (κ3) is 5.02. The minimum absolute atomic E-state index is 0.0498. The third-order valence-corrected chi connectivity index (χ3v) is 4.85. The summed E-state index contributed by atoms with van der Waals surface area (Å²) in [6, 6.07) is 8.37. The first-order chi connectivity index (χ1) is 10.9. The van der Waals surface area contributed by atoms with Crippen molar-refractivity contribution >= 4 is 27.5 Å². The molecule has 1 heterocycles. The molecule has 0 unspecified atom stereocenters. The number of carbonyl (C=O) groups excluding carboxylic acids is 1. The van der Waals surface area contributed by atoms with Crippen molar-refractivity contribution in [1.82, 2.24) is 15.0 Å². The molecule has 1 atom stereocenters. The van der Waals surface area contributed by atoms with Crippen LogP contribution in [0, 0.1) is 0 Å². The summed E-state index contributed by atoms with van der Waals surface area (Å²) < 4.78 is 26.7. The number of aromatic nitrogens is 1. The van der Waals surface area contributed by atoms with E-state index in [0.29, 0.717) is 5.02 Å². The number of nitrogens with zero attached hydrogens (tertiary/aromatic N) is 1. The van der Waals surface area contributed by atoms with Gasteiger partial charge in [-0.05, 0) is 42.8 Å². The predicted molar refractivity (Wildman–Crippen MR) is 87.3 cm³/mol. The van der Waals surface area contributed by atoms with Gasteiger partial charge in [-0.25, -0.2) is 8.42 Å². The van der Waals surface area contributed by atoms with Gasteiger partial charge in [-0.1, -0.05) is 17.7 Å². The quantitative estimate of drug-likeness (QED) is 0.827. The van der Waals surface area contributed by atoms with Crippen molar-refractivity contribution in [3.8, 4) is 0 Å². The summed E-state index contributed by atoms with van der Waals surface area (Å²) in [5.41, 5.74) is 0.827. The minimum atomic E-state index is -3.79. The molecular formula is C15H16ClN3O3S. The molecule has 6 nitrogen and oxygen atoms in total. The largest absolute Gasteiger partial charge is 0.351 e. The summed E-state index contributed by atoms with van der Waals surface area (Å²) in [6.07, 6.45) is 3.26. The molecule has 0 saturated heterocycles. The zero-order valence-electron chi connectivity index (χ0n) is 12.4. The van der Waals surface area contributed by atoms with Crippen molar-refractivity contribution in [2.24, 2.45) is 0 Å². The summed E-state index contributed by atoms with van der Waals surface area (Å²) >= 11 is 5.73. The summed E-state index contributed by atoms with van der Waals surface area (Å²) in [4.78, 5) is 16.0. The Labute approximate surface area is 139 Å². The van der Waals surface area contributed by atoms with Crippen LogP contribution in [0.5, 0.6) is 0 Å². The molecule has 8 heteroatoms. The topological polar surface area (TPSA) is 88.2 Å². The van der Waals surface area contributed by atoms with E-state index in [0.717, 1.165) is 5.56 Å². The Morgan fingerprint density at radius 3 is 2.57 bits per heavy atom. The van der Waals surface area contributed by atoms with Gasteiger partial charge in [0.1, 0.15) is 0 Å². The summed E-state index contributed by atoms with van der Waals surface area (Å²) in [7, 11) is -3.79. The number of hydrogen-bond acceptors (Lipinski definition) is 4. The molecule has 0 radical (unpaired) electrons. The summed E-state index contributed by atoms with van der Waals surface area (Å²) in [5, 5.41) is 3.09. The number of pyridine rings is 1. The second-order valence-electron chi connectivity index (χ2n) is 4.88. The van der Waals surface area contributed by atoms with Crippen LogP contribution in [0.15, 0.2) is 53.7 Å². The van der Waals surface area contributed by atoms with Crippen molar-refractivity contribution < 1.29 is 13.2 Å². The Morgan fingerprint density at radius 2 is 1.96 bits per heavy atom. The molecule has 2 rings (SSSR count). The van der Waals surface area contributed by atoms with Crippen LogP contribution in [0.25, 0.3) is 0 Å². The lowest BCUT2D eigenvalue weighted by Crippen LogP contribution is -2.44. The molecule has 0 fully saturated rings. The lowest BCUT2D eigenvalue weighted by molar-refractivity contribution is -0.122. The van der Waals surface area contributed by atoms with E-state index < -0.39 is 22.0 Å². The molecule has 2 aromatic rings. The highest BCUT2D eigenvalue weighted by Crippen LogP contribution is 2.14. The molecule has 0 aliphatic heterocycles. The van der Waals surface area contributed by atoms with E-state index in [4.69, 9.17) is 11.6 Å². The zero-order chi connectivity index (χ0) is 16.9. The van der Waals surface area contributed by atoms with Crippen LogP contribution in [0.4, 0.5) is 0 Å². The molecule has 2 N–H and O–H groups in total. The highest BCUT2D eigenvalue weighted by Gasteiger charge is 2.21. The molecule has 122 valence electrons. The fraction of sp³-hybridized carbons (Fsp3) is 0.200. The van der Waals surface area contributed by atoms with Crippen molar-refractivity contribution in [2.75, 3.05) is 0 Å². The van der Waals surface area contributed by atoms with Crippen LogP contribution in [0.3, 0.4) is 0 Å². The number of nitrogens with one attached hydrogen (secondary N) is 2. The maximum atomic E-state index is 12.2. The van der Waals surface area contributed by atoms with Crippen molar-refractivity contribution in [2.45, 2.75) is 24.4 Å². The maximum Gasteiger partial charge on any atom is 0.241 e. The average Bonchev–Trinajstić information content (AvgIpc) is 2.53. The molecule has 23 heavy (non-hydrogen) atoms. The first-order valence-corrected chi connectivity index (χ1v) is 8.69. The van der Waals surface area contributed by atoms with Gasteiger partial charge < -0.3 is 5.32 Å². The Kier molecular flexibility index (Phi) is 5.70. The van der Waals surface area contributed by atoms with Gasteiger partial charge in [0.15, 0.2) is 0 Å². The lowest BCUT2D eigenvalue weighted by atomic mass is 10.2. The van der Waals surface area contributed by atoms with Gasteiger partial charge >= 0.3 is 0 Å². The molecule has 0 bridgehead atoms. The number of carbonyl (C=O) groups is 1. The number of hydrogen-bond donors (Lipinski definition) is 2. The SMILES string of the molecule is C[C@@H](NS(=O)(=O)c1ccc(Cl)cc1)C(=O)NCc1cccnc1. The molecule has 0 aliphatic carbocycles. The van der Waals surface area contributed by atoms with Crippen LogP contribution in [0.2, 0.25) is 5.02 Å². The molecule has 1 aromatic carbocycles. The van der Waals surface area contributed by atoms with Gasteiger partial charge in [-0.3, -0.25) is 9.78 Å². The van der Waals surface area contributed by atoms with Crippen LogP contribution < -0.4 is 10.0 Å². The van der Waals surface area contributed by atoms with Gasteiger partial charge in [0.25, 0.3) is 0 Å². The van der Waals surface area contributed by atoms with E-state index in [1.807, 2.05) is 6.07 Å². The first kappa shape index (κ1) is 17.4. The molecule has 1 amide bonds. The number of benzene rings is 1. The number of rotatable bonds is 6. The third-order valence-electron chi connectivity index (χ3n) is 3.04. The Bertz CT molecular complexity index is 764. The smallest absolute Gasteiger partial charge is 0.241 e. The number of halogens is 1. The van der Waals surface area contributed by atoms with Crippen molar-refractivity contribution in [1.29, 1.82) is 0 Å². The maximum absolute atomic E-state index is 12.2. The van der Waals surface area contributed by atoms with E-state index in [1.165, 1.54) is 31.2 Å². The minimum Gasteiger partial charge on any atom is -0.351 e. The fourth-order valence-corrected chi connectivity index (χ4v) is 3.14. The Morgan fingerprint density at radius 1 is 1.26 bits per heavy atom. The Hall–Kier alpha value is -1.96. The lowest BCUT2D eigenvalue weighted by Gasteiger charge is -2.14. The van der Waals surface area contributed by atoms with Gasteiger partial charge in [0.05, 0.1) is 10.9 Å². The Balaban J connectivity index is 1.96. The van der Waals surface area contributed by atoms with Crippen LogP contribution in [0.1, 0.15) is 12.5 Å². The highest BCUT2D eigenvalue weighted by molar-refractivity contribution is 7.89. The van der Waals surface area contributed by atoms with E-state index >= 15 is 0 Å². The van der Waals surface area contributed by atoms with Crippen molar-refractivity contribution in [3.05, 3.63) is 59.4 Å². The van der Waals surface area contributed by atoms with Crippen LogP contribution in [-0.4, -0.2) is 25.4 Å². The molecular weight excluding hydrogens is 338 g/mol. The van der Waals surface area contributed by atoms with Gasteiger partial charge in [-0.2, -0.15) is 4.72 Å². The van der Waals surface area contributed by atoms with E-state index in [1.54, 1.807) is 18.5 Å². The zero-order valence-corrected chi connectivity index (χ0v) is 13.9. The standard InChI is InChI=1S/C15H16ClN3O3S/c1-11(15(20)18-10-12-3-2-8-17-9-12)19-23(21,22)14-6-4-13(16)5-7-14/h2-9,11,19H,10H2,1H3,(H,18,20)/t11-/m1/s1. The predicted octanol–water partition coefficient (Wildman–Crippen LogP) is 1.72. The van der Waals surface area contributed by atoms with Gasteiger partial charge in [0, 0.05) is 24.0 Å². The second kappa shape index (κ2) is 7.54. The monoisotopic (exact) mass is 353 g/mol. The number of amides is 1.